The topological polar surface area (TPSA) is 72.0 Å². The summed E-state index contributed by atoms with van der Waals surface area (Å²) in [5, 5.41) is 4.27. The first-order valence-corrected chi connectivity index (χ1v) is 9.64. The zero-order valence-corrected chi connectivity index (χ0v) is 13.6. The number of hydrogen-bond acceptors (Lipinski definition) is 5. The normalized spacial score (nSPS) is 17.3. The summed E-state index contributed by atoms with van der Waals surface area (Å²) in [4.78, 5) is 8.87. The van der Waals surface area contributed by atoms with Gasteiger partial charge in [-0.25, -0.2) is 18.4 Å². The number of nitrogens with zero attached hydrogens (tertiary/aromatic N) is 2. The maximum absolute atomic E-state index is 11.8. The van der Waals surface area contributed by atoms with Crippen molar-refractivity contribution in [3.8, 4) is 0 Å². The van der Waals surface area contributed by atoms with Crippen LogP contribution in [0.1, 0.15) is 38.5 Å². The third-order valence-corrected chi connectivity index (χ3v) is 5.34. The SMILES string of the molecule is CS(=O)(=O)c1ccc2ncnc(NC3CCCCCC3)c2c1. The third kappa shape index (κ3) is 3.38. The number of sulfone groups is 1. The van der Waals surface area contributed by atoms with Crippen LogP contribution in [0.4, 0.5) is 5.82 Å². The van der Waals surface area contributed by atoms with Gasteiger partial charge in [0, 0.05) is 17.7 Å². The van der Waals surface area contributed by atoms with Crippen molar-refractivity contribution in [2.24, 2.45) is 0 Å². The molecular formula is C16H21N3O2S. The van der Waals surface area contributed by atoms with Gasteiger partial charge in [0.2, 0.25) is 0 Å². The van der Waals surface area contributed by atoms with E-state index in [4.69, 9.17) is 0 Å². The largest absolute Gasteiger partial charge is 0.367 e. The molecule has 1 aliphatic carbocycles. The molecule has 0 radical (unpaired) electrons. The molecule has 22 heavy (non-hydrogen) atoms. The molecule has 1 N–H and O–H groups in total. The molecule has 2 aromatic rings. The van der Waals surface area contributed by atoms with E-state index < -0.39 is 9.84 Å². The van der Waals surface area contributed by atoms with Crippen LogP contribution in [0, 0.1) is 0 Å². The molecule has 3 rings (SSSR count). The number of nitrogens with one attached hydrogen (secondary N) is 1. The number of rotatable bonds is 3. The van der Waals surface area contributed by atoms with Gasteiger partial charge in [0.05, 0.1) is 10.4 Å². The third-order valence-electron chi connectivity index (χ3n) is 4.23. The van der Waals surface area contributed by atoms with Crippen LogP contribution in [0.3, 0.4) is 0 Å². The maximum Gasteiger partial charge on any atom is 0.175 e. The van der Waals surface area contributed by atoms with Gasteiger partial charge in [0.25, 0.3) is 0 Å². The van der Waals surface area contributed by atoms with Gasteiger partial charge in [0.1, 0.15) is 12.1 Å². The molecule has 0 spiro atoms. The monoisotopic (exact) mass is 319 g/mol. The minimum Gasteiger partial charge on any atom is -0.367 e. The number of benzene rings is 1. The molecule has 0 amide bonds. The van der Waals surface area contributed by atoms with Crippen LogP contribution in [0.25, 0.3) is 10.9 Å². The maximum atomic E-state index is 11.8. The highest BCUT2D eigenvalue weighted by molar-refractivity contribution is 7.90. The molecule has 0 atom stereocenters. The van der Waals surface area contributed by atoms with Gasteiger partial charge < -0.3 is 5.32 Å². The first-order valence-electron chi connectivity index (χ1n) is 7.75. The van der Waals surface area contributed by atoms with E-state index in [1.165, 1.54) is 38.3 Å². The molecule has 1 fully saturated rings. The Morgan fingerprint density at radius 1 is 1.09 bits per heavy atom. The van der Waals surface area contributed by atoms with E-state index >= 15 is 0 Å². The van der Waals surface area contributed by atoms with E-state index in [1.807, 2.05) is 0 Å². The van der Waals surface area contributed by atoms with Gasteiger partial charge >= 0.3 is 0 Å². The van der Waals surface area contributed by atoms with Crippen LogP contribution >= 0.6 is 0 Å². The second kappa shape index (κ2) is 6.20. The quantitative estimate of drug-likeness (QED) is 0.880. The molecule has 0 bridgehead atoms. The minimum absolute atomic E-state index is 0.304. The standard InChI is InChI=1S/C16H21N3O2S/c1-22(20,21)13-8-9-15-14(10-13)16(18-11-17-15)19-12-6-4-2-3-5-7-12/h8-12H,2-7H2,1H3,(H,17,18,19). The Morgan fingerprint density at radius 2 is 1.82 bits per heavy atom. The second-order valence-corrected chi connectivity index (χ2v) is 8.02. The number of hydrogen-bond donors (Lipinski definition) is 1. The first-order chi connectivity index (χ1) is 10.5. The smallest absolute Gasteiger partial charge is 0.175 e. The number of aromatic nitrogens is 2. The molecule has 1 aromatic carbocycles. The Bertz CT molecular complexity index is 766. The van der Waals surface area contributed by atoms with Crippen LogP contribution in [0.2, 0.25) is 0 Å². The second-order valence-electron chi connectivity index (χ2n) is 6.01. The Hall–Kier alpha value is -1.69. The van der Waals surface area contributed by atoms with E-state index in [1.54, 1.807) is 18.2 Å². The fourth-order valence-electron chi connectivity index (χ4n) is 3.00. The molecule has 0 aliphatic heterocycles. The van der Waals surface area contributed by atoms with E-state index in [0.29, 0.717) is 10.9 Å². The lowest BCUT2D eigenvalue weighted by Crippen LogP contribution is -2.19. The van der Waals surface area contributed by atoms with Crippen LogP contribution in [-0.2, 0) is 9.84 Å². The molecule has 1 saturated carbocycles. The van der Waals surface area contributed by atoms with Crippen molar-refractivity contribution < 1.29 is 8.42 Å². The fourth-order valence-corrected chi connectivity index (χ4v) is 3.65. The van der Waals surface area contributed by atoms with Gasteiger partial charge in [-0.2, -0.15) is 0 Å². The van der Waals surface area contributed by atoms with Gasteiger partial charge in [-0.15, -0.1) is 0 Å². The van der Waals surface area contributed by atoms with Crippen molar-refractivity contribution in [2.45, 2.75) is 49.5 Å². The molecular weight excluding hydrogens is 298 g/mol. The van der Waals surface area contributed by atoms with Gasteiger partial charge in [0.15, 0.2) is 9.84 Å². The summed E-state index contributed by atoms with van der Waals surface area (Å²) in [7, 11) is -3.23. The summed E-state index contributed by atoms with van der Waals surface area (Å²) in [6, 6.07) is 5.41. The van der Waals surface area contributed by atoms with Gasteiger partial charge in [-0.1, -0.05) is 25.7 Å². The molecule has 6 heteroatoms. The molecule has 0 unspecified atom stereocenters. The summed E-state index contributed by atoms with van der Waals surface area (Å²) in [5.74, 6) is 0.738. The highest BCUT2D eigenvalue weighted by Crippen LogP contribution is 2.26. The van der Waals surface area contributed by atoms with Crippen molar-refractivity contribution in [1.82, 2.24) is 9.97 Å². The summed E-state index contributed by atoms with van der Waals surface area (Å²) in [6.45, 7) is 0. The summed E-state index contributed by atoms with van der Waals surface area (Å²) in [6.07, 6.45) is 10.1. The lowest BCUT2D eigenvalue weighted by atomic mass is 10.1. The van der Waals surface area contributed by atoms with E-state index in [-0.39, 0.29) is 0 Å². The first kappa shape index (κ1) is 15.2. The van der Waals surface area contributed by atoms with Crippen LogP contribution in [0.15, 0.2) is 29.4 Å². The van der Waals surface area contributed by atoms with Gasteiger partial charge in [-0.3, -0.25) is 0 Å². The Morgan fingerprint density at radius 3 is 2.50 bits per heavy atom. The molecule has 1 heterocycles. The van der Waals surface area contributed by atoms with Crippen molar-refractivity contribution in [1.29, 1.82) is 0 Å². The van der Waals surface area contributed by atoms with E-state index in [9.17, 15) is 8.42 Å². The lowest BCUT2D eigenvalue weighted by molar-refractivity contribution is 0.602. The predicted molar refractivity (Wildman–Crippen MR) is 87.8 cm³/mol. The van der Waals surface area contributed by atoms with E-state index in [0.717, 1.165) is 29.6 Å². The molecule has 5 nitrogen and oxygen atoms in total. The number of anilines is 1. The zero-order valence-electron chi connectivity index (χ0n) is 12.7. The molecule has 118 valence electrons. The lowest BCUT2D eigenvalue weighted by Gasteiger charge is -2.18. The highest BCUT2D eigenvalue weighted by Gasteiger charge is 2.15. The molecule has 0 saturated heterocycles. The van der Waals surface area contributed by atoms with Gasteiger partial charge in [-0.05, 0) is 31.0 Å². The van der Waals surface area contributed by atoms with Crippen molar-refractivity contribution in [3.05, 3.63) is 24.5 Å². The Labute approximate surface area is 131 Å². The minimum atomic E-state index is -3.23. The van der Waals surface area contributed by atoms with Crippen molar-refractivity contribution in [2.75, 3.05) is 11.6 Å². The average molecular weight is 319 g/mol. The van der Waals surface area contributed by atoms with Crippen molar-refractivity contribution >= 4 is 26.6 Å². The molecule has 1 aromatic heterocycles. The predicted octanol–water partition coefficient (Wildman–Crippen LogP) is 3.17. The van der Waals surface area contributed by atoms with Crippen molar-refractivity contribution in [3.63, 3.8) is 0 Å². The Balaban J connectivity index is 1.97. The van der Waals surface area contributed by atoms with Crippen LogP contribution in [0.5, 0.6) is 0 Å². The van der Waals surface area contributed by atoms with Crippen LogP contribution in [-0.4, -0.2) is 30.7 Å². The Kier molecular flexibility index (Phi) is 4.29. The summed E-state index contributed by atoms with van der Waals surface area (Å²) in [5.41, 5.74) is 0.763. The highest BCUT2D eigenvalue weighted by atomic mass is 32.2. The summed E-state index contributed by atoms with van der Waals surface area (Å²) >= 11 is 0. The zero-order chi connectivity index (χ0) is 15.6. The van der Waals surface area contributed by atoms with E-state index in [2.05, 4.69) is 15.3 Å². The fraction of sp³-hybridized carbons (Fsp3) is 0.500. The number of fused-ring (bicyclic) bond motifs is 1. The average Bonchev–Trinajstić information content (AvgIpc) is 2.75. The summed E-state index contributed by atoms with van der Waals surface area (Å²) < 4.78 is 23.5. The van der Waals surface area contributed by atoms with Crippen LogP contribution < -0.4 is 5.32 Å². The molecule has 1 aliphatic rings.